The number of aromatic nitrogens is 1. The highest BCUT2D eigenvalue weighted by molar-refractivity contribution is 6.04. The molecular formula is C24H25N5O3. The SMILES string of the molecule is CC(=O)Nc1ccc(NC(=O)c2ccnc(Nc3ccc(N4CCOCC4)cc3)c2)cc1. The third-order valence-electron chi connectivity index (χ3n) is 5.00. The second-order valence-corrected chi connectivity index (χ2v) is 7.41. The van der Waals surface area contributed by atoms with Crippen molar-refractivity contribution < 1.29 is 14.3 Å². The van der Waals surface area contributed by atoms with Gasteiger partial charge in [-0.2, -0.15) is 0 Å². The predicted molar refractivity (Wildman–Crippen MR) is 126 cm³/mol. The molecule has 0 spiro atoms. The molecule has 0 unspecified atom stereocenters. The first-order chi connectivity index (χ1) is 15.6. The Morgan fingerprint density at radius 3 is 2.16 bits per heavy atom. The van der Waals surface area contributed by atoms with Gasteiger partial charge in [0.05, 0.1) is 13.2 Å². The average Bonchev–Trinajstić information content (AvgIpc) is 2.81. The number of benzene rings is 2. The summed E-state index contributed by atoms with van der Waals surface area (Å²) in [6.45, 7) is 4.72. The van der Waals surface area contributed by atoms with Gasteiger partial charge in [0.1, 0.15) is 5.82 Å². The first kappa shape index (κ1) is 21.3. The number of hydrogen-bond donors (Lipinski definition) is 3. The van der Waals surface area contributed by atoms with Crippen LogP contribution in [0.4, 0.5) is 28.6 Å². The molecular weight excluding hydrogens is 406 g/mol. The molecule has 32 heavy (non-hydrogen) atoms. The molecule has 8 heteroatoms. The maximum Gasteiger partial charge on any atom is 0.255 e. The Hall–Kier alpha value is -3.91. The number of anilines is 5. The van der Waals surface area contributed by atoms with Gasteiger partial charge in [-0.05, 0) is 60.7 Å². The van der Waals surface area contributed by atoms with Gasteiger partial charge in [0.15, 0.2) is 0 Å². The molecule has 2 heterocycles. The molecule has 1 aromatic heterocycles. The molecule has 1 aliphatic rings. The highest BCUT2D eigenvalue weighted by atomic mass is 16.5. The van der Waals surface area contributed by atoms with Gasteiger partial charge < -0.3 is 25.6 Å². The highest BCUT2D eigenvalue weighted by Crippen LogP contribution is 2.22. The smallest absolute Gasteiger partial charge is 0.255 e. The molecule has 0 aliphatic carbocycles. The van der Waals surface area contributed by atoms with Crippen molar-refractivity contribution in [3.05, 3.63) is 72.4 Å². The minimum Gasteiger partial charge on any atom is -0.378 e. The summed E-state index contributed by atoms with van der Waals surface area (Å²) >= 11 is 0. The zero-order valence-electron chi connectivity index (χ0n) is 17.8. The lowest BCUT2D eigenvalue weighted by Crippen LogP contribution is -2.36. The lowest BCUT2D eigenvalue weighted by molar-refractivity contribution is -0.114. The zero-order chi connectivity index (χ0) is 22.3. The molecule has 0 saturated carbocycles. The van der Waals surface area contributed by atoms with Gasteiger partial charge in [0.2, 0.25) is 5.91 Å². The van der Waals surface area contributed by atoms with Crippen LogP contribution in [0, 0.1) is 0 Å². The number of hydrogen-bond acceptors (Lipinski definition) is 6. The second-order valence-electron chi connectivity index (χ2n) is 7.41. The fourth-order valence-electron chi connectivity index (χ4n) is 3.41. The third kappa shape index (κ3) is 5.61. The predicted octanol–water partition coefficient (Wildman–Crippen LogP) is 3.87. The van der Waals surface area contributed by atoms with Crippen molar-refractivity contribution in [2.75, 3.05) is 47.2 Å². The van der Waals surface area contributed by atoms with Crippen LogP contribution < -0.4 is 20.9 Å². The molecule has 1 saturated heterocycles. The van der Waals surface area contributed by atoms with Gasteiger partial charge in [0.25, 0.3) is 5.91 Å². The molecule has 1 fully saturated rings. The van der Waals surface area contributed by atoms with E-state index in [4.69, 9.17) is 4.74 Å². The van der Waals surface area contributed by atoms with E-state index in [0.717, 1.165) is 37.7 Å². The molecule has 3 N–H and O–H groups in total. The fourth-order valence-corrected chi connectivity index (χ4v) is 3.41. The zero-order valence-corrected chi connectivity index (χ0v) is 17.8. The van der Waals surface area contributed by atoms with E-state index in [2.05, 4.69) is 38.0 Å². The minimum atomic E-state index is -0.245. The molecule has 2 aromatic carbocycles. The number of morpholine rings is 1. The summed E-state index contributed by atoms with van der Waals surface area (Å²) in [7, 11) is 0. The van der Waals surface area contributed by atoms with Crippen LogP contribution in [0.3, 0.4) is 0 Å². The monoisotopic (exact) mass is 431 g/mol. The van der Waals surface area contributed by atoms with E-state index in [-0.39, 0.29) is 11.8 Å². The van der Waals surface area contributed by atoms with Crippen molar-refractivity contribution in [2.24, 2.45) is 0 Å². The lowest BCUT2D eigenvalue weighted by atomic mass is 10.2. The largest absolute Gasteiger partial charge is 0.378 e. The molecule has 8 nitrogen and oxygen atoms in total. The number of ether oxygens (including phenoxy) is 1. The first-order valence-electron chi connectivity index (χ1n) is 10.4. The summed E-state index contributed by atoms with van der Waals surface area (Å²) < 4.78 is 5.40. The normalized spacial score (nSPS) is 13.3. The maximum atomic E-state index is 12.6. The molecule has 3 aromatic rings. The Bertz CT molecular complexity index is 1080. The number of amides is 2. The maximum absolute atomic E-state index is 12.6. The number of carbonyl (C=O) groups excluding carboxylic acids is 2. The van der Waals surface area contributed by atoms with Gasteiger partial charge >= 0.3 is 0 Å². The van der Waals surface area contributed by atoms with E-state index >= 15 is 0 Å². The van der Waals surface area contributed by atoms with Gasteiger partial charge in [0, 0.05) is 54.5 Å². The van der Waals surface area contributed by atoms with E-state index in [1.165, 1.54) is 6.92 Å². The van der Waals surface area contributed by atoms with Crippen molar-refractivity contribution in [1.82, 2.24) is 4.98 Å². The Labute approximate surface area is 186 Å². The van der Waals surface area contributed by atoms with Crippen LogP contribution in [-0.4, -0.2) is 43.1 Å². The van der Waals surface area contributed by atoms with Crippen molar-refractivity contribution in [1.29, 1.82) is 0 Å². The van der Waals surface area contributed by atoms with Crippen LogP contribution in [-0.2, 0) is 9.53 Å². The van der Waals surface area contributed by atoms with Gasteiger partial charge in [-0.25, -0.2) is 4.98 Å². The molecule has 164 valence electrons. The highest BCUT2D eigenvalue weighted by Gasteiger charge is 2.11. The number of nitrogens with one attached hydrogen (secondary N) is 3. The average molecular weight is 431 g/mol. The van der Waals surface area contributed by atoms with Crippen molar-refractivity contribution in [3.63, 3.8) is 0 Å². The number of pyridine rings is 1. The van der Waals surface area contributed by atoms with Crippen LogP contribution in [0.15, 0.2) is 66.9 Å². The van der Waals surface area contributed by atoms with Crippen molar-refractivity contribution in [3.8, 4) is 0 Å². The van der Waals surface area contributed by atoms with E-state index in [1.54, 1.807) is 42.6 Å². The minimum absolute atomic E-state index is 0.144. The van der Waals surface area contributed by atoms with E-state index in [9.17, 15) is 9.59 Å². The van der Waals surface area contributed by atoms with Crippen molar-refractivity contribution >= 4 is 40.4 Å². The van der Waals surface area contributed by atoms with E-state index in [0.29, 0.717) is 22.8 Å². The summed E-state index contributed by atoms with van der Waals surface area (Å²) in [5.41, 5.74) is 3.84. The standard InChI is InChI=1S/C24H25N5O3/c1-17(30)26-19-2-4-21(5-3-19)28-24(31)18-10-11-25-23(16-18)27-20-6-8-22(9-7-20)29-12-14-32-15-13-29/h2-11,16H,12-15H2,1H3,(H,25,27)(H,26,30)(H,28,31). The van der Waals surface area contributed by atoms with Gasteiger partial charge in [-0.15, -0.1) is 0 Å². The Morgan fingerprint density at radius 1 is 0.875 bits per heavy atom. The van der Waals surface area contributed by atoms with Gasteiger partial charge in [-0.1, -0.05) is 0 Å². The summed E-state index contributed by atoms with van der Waals surface area (Å²) in [5.74, 6) is 0.192. The van der Waals surface area contributed by atoms with Crippen molar-refractivity contribution in [2.45, 2.75) is 6.92 Å². The molecule has 4 rings (SSSR count). The quantitative estimate of drug-likeness (QED) is 0.548. The Morgan fingerprint density at radius 2 is 1.50 bits per heavy atom. The molecule has 1 aliphatic heterocycles. The summed E-state index contributed by atoms with van der Waals surface area (Å²) in [5, 5.41) is 8.79. The Kier molecular flexibility index (Phi) is 6.62. The van der Waals surface area contributed by atoms with Crippen LogP contribution in [0.5, 0.6) is 0 Å². The summed E-state index contributed by atoms with van der Waals surface area (Å²) in [4.78, 5) is 30.4. The summed E-state index contributed by atoms with van der Waals surface area (Å²) in [6, 6.07) is 18.4. The van der Waals surface area contributed by atoms with E-state index < -0.39 is 0 Å². The van der Waals surface area contributed by atoms with Crippen LogP contribution in [0.2, 0.25) is 0 Å². The van der Waals surface area contributed by atoms with E-state index in [1.807, 2.05) is 12.1 Å². The third-order valence-corrected chi connectivity index (χ3v) is 5.00. The second kappa shape index (κ2) is 9.93. The first-order valence-corrected chi connectivity index (χ1v) is 10.4. The molecule has 0 atom stereocenters. The molecule has 0 bridgehead atoms. The molecule has 0 radical (unpaired) electrons. The van der Waals surface area contributed by atoms with Crippen LogP contribution in [0.1, 0.15) is 17.3 Å². The van der Waals surface area contributed by atoms with Crippen LogP contribution in [0.25, 0.3) is 0 Å². The van der Waals surface area contributed by atoms with Crippen LogP contribution >= 0.6 is 0 Å². The fraction of sp³-hybridized carbons (Fsp3) is 0.208. The summed E-state index contributed by atoms with van der Waals surface area (Å²) in [6.07, 6.45) is 1.60. The molecule has 2 amide bonds. The van der Waals surface area contributed by atoms with Gasteiger partial charge in [-0.3, -0.25) is 9.59 Å². The Balaban J connectivity index is 1.38. The topological polar surface area (TPSA) is 95.6 Å². The number of nitrogens with zero attached hydrogens (tertiary/aromatic N) is 2. The lowest BCUT2D eigenvalue weighted by Gasteiger charge is -2.28. The number of rotatable bonds is 6. The number of carbonyl (C=O) groups is 2.